The molecule has 0 aromatic carbocycles. The third-order valence-corrected chi connectivity index (χ3v) is 15.4. The normalized spacial score (nSPS) is 50.4. The highest BCUT2D eigenvalue weighted by atomic mass is 16.6. The summed E-state index contributed by atoms with van der Waals surface area (Å²) in [7, 11) is 0. The van der Waals surface area contributed by atoms with Crippen LogP contribution in [0.25, 0.3) is 0 Å². The van der Waals surface area contributed by atoms with Gasteiger partial charge in [-0.1, -0.05) is 34.6 Å². The number of ether oxygens (including phenoxy) is 3. The zero-order valence-corrected chi connectivity index (χ0v) is 28.8. The van der Waals surface area contributed by atoms with Crippen molar-refractivity contribution in [3.8, 4) is 0 Å². The van der Waals surface area contributed by atoms with Crippen molar-refractivity contribution in [2.45, 2.75) is 149 Å². The molecule has 3 unspecified atom stereocenters. The maximum atomic E-state index is 12.8. The number of rotatable bonds is 5. The summed E-state index contributed by atoms with van der Waals surface area (Å²) >= 11 is 0. The van der Waals surface area contributed by atoms with E-state index < -0.39 is 29.9 Å². The first-order chi connectivity index (χ1) is 20.9. The average Bonchev–Trinajstić information content (AvgIpc) is 3.55. The van der Waals surface area contributed by atoms with Gasteiger partial charge in [-0.2, -0.15) is 0 Å². The number of hydrogen-bond acceptors (Lipinski definition) is 8. The molecule has 2 aliphatic heterocycles. The van der Waals surface area contributed by atoms with Crippen molar-refractivity contribution in [3.05, 3.63) is 0 Å². The lowest BCUT2D eigenvalue weighted by Crippen LogP contribution is -2.60. The molecule has 2 heterocycles. The number of alkyl carbamates (subject to hydrolysis) is 1. The lowest BCUT2D eigenvalue weighted by Gasteiger charge is -2.63. The van der Waals surface area contributed by atoms with Crippen LogP contribution in [0.1, 0.15) is 107 Å². The molecule has 0 aromatic heterocycles. The molecule has 7 fully saturated rings. The van der Waals surface area contributed by atoms with Crippen LogP contribution in [0.5, 0.6) is 0 Å². The second kappa shape index (κ2) is 10.1. The fraction of sp³-hybridized carbons (Fsp3) is 0.944. The van der Waals surface area contributed by atoms with E-state index in [2.05, 4.69) is 45.3 Å². The van der Waals surface area contributed by atoms with Gasteiger partial charge in [-0.25, -0.2) is 4.79 Å². The van der Waals surface area contributed by atoms with Gasteiger partial charge in [0.25, 0.3) is 0 Å². The van der Waals surface area contributed by atoms with Gasteiger partial charge < -0.3 is 35.1 Å². The fourth-order valence-electron chi connectivity index (χ4n) is 13.3. The summed E-state index contributed by atoms with van der Waals surface area (Å²) < 4.78 is 18.6. The Morgan fingerprint density at radius 2 is 1.69 bits per heavy atom. The molecule has 7 aliphatic rings. The quantitative estimate of drug-likeness (QED) is 0.326. The minimum absolute atomic E-state index is 0.0794. The van der Waals surface area contributed by atoms with E-state index in [4.69, 9.17) is 14.2 Å². The number of esters is 1. The van der Waals surface area contributed by atoms with Crippen LogP contribution in [0.4, 0.5) is 4.79 Å². The molecule has 254 valence electrons. The Bertz CT molecular complexity index is 1230. The number of carbonyl (C=O) groups is 2. The van der Waals surface area contributed by atoms with Gasteiger partial charge in [-0.05, 0) is 105 Å². The van der Waals surface area contributed by atoms with Crippen LogP contribution in [-0.4, -0.2) is 77.5 Å². The van der Waals surface area contributed by atoms with Gasteiger partial charge in [0.2, 0.25) is 0 Å². The summed E-state index contributed by atoms with van der Waals surface area (Å²) in [5.41, 5.74) is -1.32. The van der Waals surface area contributed by atoms with Crippen LogP contribution < -0.4 is 10.6 Å². The molecule has 5 aliphatic carbocycles. The number of fused-ring (bicyclic) bond motifs is 4. The van der Waals surface area contributed by atoms with Crippen LogP contribution in [0, 0.1) is 50.7 Å². The number of aliphatic hydroxyl groups is 2. The zero-order valence-electron chi connectivity index (χ0n) is 28.8. The number of carbonyl (C=O) groups excluding carboxylic acids is 2. The smallest absolute Gasteiger partial charge is 0.407 e. The third kappa shape index (κ3) is 4.24. The van der Waals surface area contributed by atoms with E-state index in [1.165, 1.54) is 19.8 Å². The monoisotopic (exact) mass is 630 g/mol. The van der Waals surface area contributed by atoms with Crippen molar-refractivity contribution in [1.82, 2.24) is 10.6 Å². The molecule has 7 rings (SSSR count). The first kappa shape index (κ1) is 32.1. The first-order valence-electron chi connectivity index (χ1n) is 17.8. The average molecular weight is 631 g/mol. The summed E-state index contributed by atoms with van der Waals surface area (Å²) in [6, 6.07) is 0.168. The summed E-state index contributed by atoms with van der Waals surface area (Å²) in [5.74, 6) is 0.904. The standard InChI is InChI=1S/C36H58N2O7/c1-19-15-22(29(32(5,6)42)43-20(2)39)44-27-26(19)33(7)13-14-36-18-35(36)12-11-25(45-30(41)38-21-16-37-17-21)31(3,4)23(35)9-10-24(36)34(33,8)28(27)40/h19,21-29,37,40,42H,9-18H2,1-8H3,(H,38,41)/t19-,22?,23+,24?,25+,26+,27?,28+,29+,33-,34-,35-,36+/m1/s1. The summed E-state index contributed by atoms with van der Waals surface area (Å²) in [6.07, 6.45) is 5.66. The van der Waals surface area contributed by atoms with Crippen LogP contribution in [-0.2, 0) is 19.0 Å². The number of hydrogen-bond donors (Lipinski definition) is 4. The molecule has 5 saturated carbocycles. The number of nitrogens with one attached hydrogen (secondary N) is 2. The number of aliphatic hydroxyl groups excluding tert-OH is 1. The molecule has 0 radical (unpaired) electrons. The van der Waals surface area contributed by atoms with Gasteiger partial charge in [0.05, 0.1) is 30.0 Å². The van der Waals surface area contributed by atoms with Crippen molar-refractivity contribution in [2.24, 2.45) is 50.7 Å². The molecular weight excluding hydrogens is 572 g/mol. The van der Waals surface area contributed by atoms with E-state index in [9.17, 15) is 19.8 Å². The van der Waals surface area contributed by atoms with Crippen molar-refractivity contribution in [2.75, 3.05) is 13.1 Å². The minimum atomic E-state index is -1.26. The second-order valence-corrected chi connectivity index (χ2v) is 18.1. The molecule has 2 spiro atoms. The topological polar surface area (TPSA) is 126 Å². The van der Waals surface area contributed by atoms with Crippen molar-refractivity contribution in [3.63, 3.8) is 0 Å². The maximum absolute atomic E-state index is 12.8. The van der Waals surface area contributed by atoms with E-state index in [0.29, 0.717) is 18.3 Å². The first-order valence-corrected chi connectivity index (χ1v) is 17.8. The van der Waals surface area contributed by atoms with Gasteiger partial charge in [-0.15, -0.1) is 0 Å². The van der Waals surface area contributed by atoms with E-state index in [0.717, 1.165) is 45.2 Å². The molecule has 9 heteroatoms. The lowest BCUT2D eigenvalue weighted by atomic mass is 9.41. The van der Waals surface area contributed by atoms with E-state index in [1.807, 2.05) is 0 Å². The minimum Gasteiger partial charge on any atom is -0.457 e. The molecule has 1 amide bonds. The second-order valence-electron chi connectivity index (χ2n) is 18.1. The van der Waals surface area contributed by atoms with Crippen LogP contribution >= 0.6 is 0 Å². The zero-order chi connectivity index (χ0) is 32.5. The molecule has 45 heavy (non-hydrogen) atoms. The van der Waals surface area contributed by atoms with E-state index in [1.54, 1.807) is 13.8 Å². The third-order valence-electron chi connectivity index (χ3n) is 15.4. The maximum Gasteiger partial charge on any atom is 0.407 e. The van der Waals surface area contributed by atoms with Gasteiger partial charge in [0.1, 0.15) is 6.10 Å². The van der Waals surface area contributed by atoms with Gasteiger partial charge in [0.15, 0.2) is 6.10 Å². The van der Waals surface area contributed by atoms with Gasteiger partial charge >= 0.3 is 12.1 Å². The predicted molar refractivity (Wildman–Crippen MR) is 168 cm³/mol. The number of amides is 1. The molecule has 9 nitrogen and oxygen atoms in total. The van der Waals surface area contributed by atoms with Gasteiger partial charge in [-0.3, -0.25) is 4.79 Å². The Kier molecular flexibility index (Phi) is 7.18. The molecule has 13 atom stereocenters. The van der Waals surface area contributed by atoms with Crippen LogP contribution in [0.2, 0.25) is 0 Å². The highest BCUT2D eigenvalue weighted by Crippen LogP contribution is 2.89. The highest BCUT2D eigenvalue weighted by molar-refractivity contribution is 5.68. The van der Waals surface area contributed by atoms with Crippen molar-refractivity contribution >= 4 is 12.1 Å². The summed E-state index contributed by atoms with van der Waals surface area (Å²) in [5, 5.41) is 29.7. The molecule has 2 saturated heterocycles. The SMILES string of the molecule is CC(=O)O[C@@H](C1C[C@@H](C)[C@H]2C(O1)[C@H](O)[C@@]1(C)C3CC[C@H]4C(C)(C)[C@@H](OC(=O)NC5CNC5)CC[C@@]45C[C@@]35CC[C@]21C)C(C)(C)O. The Morgan fingerprint density at radius 3 is 2.31 bits per heavy atom. The molecular formula is C36H58N2O7. The Labute approximate surface area is 269 Å². The lowest BCUT2D eigenvalue weighted by molar-refractivity contribution is -0.216. The highest BCUT2D eigenvalue weighted by Gasteiger charge is 2.84. The summed E-state index contributed by atoms with van der Waals surface area (Å²) in [4.78, 5) is 24.8. The fourth-order valence-corrected chi connectivity index (χ4v) is 13.3. The van der Waals surface area contributed by atoms with Gasteiger partial charge in [0, 0.05) is 30.8 Å². The van der Waals surface area contributed by atoms with Crippen molar-refractivity contribution < 1.29 is 34.0 Å². The Hall–Kier alpha value is -1.42. The molecule has 4 N–H and O–H groups in total. The van der Waals surface area contributed by atoms with Crippen molar-refractivity contribution in [1.29, 1.82) is 0 Å². The predicted octanol–water partition coefficient (Wildman–Crippen LogP) is 4.57. The Balaban J connectivity index is 1.14. The summed E-state index contributed by atoms with van der Waals surface area (Å²) in [6.45, 7) is 18.1. The van der Waals surface area contributed by atoms with Crippen LogP contribution in [0.15, 0.2) is 0 Å². The largest absolute Gasteiger partial charge is 0.457 e. The molecule has 0 aromatic rings. The Morgan fingerprint density at radius 1 is 1.02 bits per heavy atom. The van der Waals surface area contributed by atoms with E-state index in [-0.39, 0.29) is 63.3 Å². The van der Waals surface area contributed by atoms with Crippen LogP contribution in [0.3, 0.4) is 0 Å². The molecule has 0 bridgehead atoms. The van der Waals surface area contributed by atoms with E-state index >= 15 is 0 Å².